The van der Waals surface area contributed by atoms with Crippen molar-refractivity contribution in [2.75, 3.05) is 13.7 Å². The molecule has 1 N–H and O–H groups in total. The summed E-state index contributed by atoms with van der Waals surface area (Å²) >= 11 is 3.66. The molecular weight excluding hydrogens is 274 g/mol. The van der Waals surface area contributed by atoms with Crippen molar-refractivity contribution in [3.8, 4) is 5.75 Å². The lowest BCUT2D eigenvalue weighted by molar-refractivity contribution is 0.407. The third-order valence-electron chi connectivity index (χ3n) is 3.05. The summed E-state index contributed by atoms with van der Waals surface area (Å²) in [4.78, 5) is 4.10. The minimum absolute atomic E-state index is 0.264. The Kier molecular flexibility index (Phi) is 5.43. The number of methoxy groups -OCH3 is 1. The zero-order valence-corrected chi connectivity index (χ0v) is 13.4. The van der Waals surface area contributed by atoms with E-state index in [9.17, 15) is 0 Å². The number of aryl methyl sites for hydroxylation is 1. The molecule has 0 spiro atoms. The zero-order chi connectivity index (χ0) is 13.7. The number of ether oxygens (including phenoxy) is 1. The fourth-order valence-electron chi connectivity index (χ4n) is 2.04. The highest BCUT2D eigenvalue weighted by molar-refractivity contribution is 7.13. The van der Waals surface area contributed by atoms with Crippen molar-refractivity contribution in [3.05, 3.63) is 38.2 Å². The molecule has 0 aliphatic heterocycles. The topological polar surface area (TPSA) is 21.3 Å². The first-order valence-electron chi connectivity index (χ1n) is 6.73. The summed E-state index contributed by atoms with van der Waals surface area (Å²) in [5.41, 5.74) is 0. The summed E-state index contributed by atoms with van der Waals surface area (Å²) in [6.45, 7) is 5.42. The molecule has 0 bridgehead atoms. The highest BCUT2D eigenvalue weighted by Gasteiger charge is 2.20. The van der Waals surface area contributed by atoms with Gasteiger partial charge in [-0.05, 0) is 43.0 Å². The summed E-state index contributed by atoms with van der Waals surface area (Å²) in [6.07, 6.45) is 2.24. The standard InChI is InChI=1S/C15H21NOS2/c1-4-9-16-14(13-7-6-11(5-2)19-13)15-12(17-3)8-10-18-15/h6-8,10,14,16H,4-5,9H2,1-3H3. The number of thiophene rings is 2. The second-order valence-electron chi connectivity index (χ2n) is 4.40. The van der Waals surface area contributed by atoms with Crippen molar-refractivity contribution >= 4 is 22.7 Å². The largest absolute Gasteiger partial charge is 0.496 e. The van der Waals surface area contributed by atoms with Gasteiger partial charge in [-0.25, -0.2) is 0 Å². The maximum atomic E-state index is 5.48. The minimum atomic E-state index is 0.264. The average molecular weight is 295 g/mol. The Morgan fingerprint density at radius 3 is 2.74 bits per heavy atom. The Morgan fingerprint density at radius 2 is 2.11 bits per heavy atom. The van der Waals surface area contributed by atoms with Gasteiger partial charge in [0.15, 0.2) is 0 Å². The van der Waals surface area contributed by atoms with Gasteiger partial charge in [-0.15, -0.1) is 22.7 Å². The quantitative estimate of drug-likeness (QED) is 0.813. The molecule has 0 saturated heterocycles. The molecule has 0 radical (unpaired) electrons. The summed E-state index contributed by atoms with van der Waals surface area (Å²) in [6, 6.07) is 6.80. The van der Waals surface area contributed by atoms with Crippen molar-refractivity contribution in [1.82, 2.24) is 5.32 Å². The van der Waals surface area contributed by atoms with E-state index < -0.39 is 0 Å². The molecule has 2 nitrogen and oxygen atoms in total. The van der Waals surface area contributed by atoms with Crippen LogP contribution in [0.15, 0.2) is 23.6 Å². The van der Waals surface area contributed by atoms with Crippen molar-refractivity contribution < 1.29 is 4.74 Å². The molecule has 0 aliphatic rings. The average Bonchev–Trinajstić information content (AvgIpc) is 3.08. The molecule has 1 unspecified atom stereocenters. The first-order chi connectivity index (χ1) is 9.30. The van der Waals surface area contributed by atoms with Gasteiger partial charge in [-0.2, -0.15) is 0 Å². The zero-order valence-electron chi connectivity index (χ0n) is 11.7. The van der Waals surface area contributed by atoms with Gasteiger partial charge in [0.05, 0.1) is 18.0 Å². The van der Waals surface area contributed by atoms with Gasteiger partial charge >= 0.3 is 0 Å². The Bertz CT molecular complexity index is 504. The van der Waals surface area contributed by atoms with Crippen LogP contribution in [-0.4, -0.2) is 13.7 Å². The fourth-order valence-corrected chi connectivity index (χ4v) is 4.10. The van der Waals surface area contributed by atoms with E-state index in [0.717, 1.165) is 25.1 Å². The van der Waals surface area contributed by atoms with Crippen LogP contribution in [0.25, 0.3) is 0 Å². The molecule has 2 heterocycles. The lowest BCUT2D eigenvalue weighted by atomic mass is 10.2. The summed E-state index contributed by atoms with van der Waals surface area (Å²) in [5, 5.41) is 5.74. The summed E-state index contributed by atoms with van der Waals surface area (Å²) in [7, 11) is 1.74. The maximum Gasteiger partial charge on any atom is 0.134 e. The molecule has 0 amide bonds. The third-order valence-corrected chi connectivity index (χ3v) is 5.31. The van der Waals surface area contributed by atoms with Gasteiger partial charge < -0.3 is 10.1 Å². The van der Waals surface area contributed by atoms with E-state index in [2.05, 4.69) is 42.7 Å². The van der Waals surface area contributed by atoms with Crippen LogP contribution in [0.3, 0.4) is 0 Å². The lowest BCUT2D eigenvalue weighted by Crippen LogP contribution is -2.21. The monoisotopic (exact) mass is 295 g/mol. The first kappa shape index (κ1) is 14.6. The van der Waals surface area contributed by atoms with Crippen LogP contribution in [-0.2, 0) is 6.42 Å². The highest BCUT2D eigenvalue weighted by atomic mass is 32.1. The SMILES string of the molecule is CCCNC(c1ccc(CC)s1)c1sccc1OC. The molecule has 0 fully saturated rings. The number of hydrogen-bond acceptors (Lipinski definition) is 4. The van der Waals surface area contributed by atoms with Crippen molar-refractivity contribution in [2.24, 2.45) is 0 Å². The van der Waals surface area contributed by atoms with Gasteiger partial charge in [0.2, 0.25) is 0 Å². The number of rotatable bonds is 7. The second kappa shape index (κ2) is 7.08. The van der Waals surface area contributed by atoms with E-state index in [0.29, 0.717) is 0 Å². The van der Waals surface area contributed by atoms with Gasteiger partial charge in [0.25, 0.3) is 0 Å². The lowest BCUT2D eigenvalue weighted by Gasteiger charge is -2.17. The van der Waals surface area contributed by atoms with E-state index in [1.165, 1.54) is 14.6 Å². The van der Waals surface area contributed by atoms with Crippen LogP contribution >= 0.6 is 22.7 Å². The Morgan fingerprint density at radius 1 is 1.26 bits per heavy atom. The molecule has 4 heteroatoms. The van der Waals surface area contributed by atoms with Crippen LogP contribution in [0.2, 0.25) is 0 Å². The molecule has 0 aliphatic carbocycles. The number of nitrogens with one attached hydrogen (secondary N) is 1. The van der Waals surface area contributed by atoms with Crippen molar-refractivity contribution in [2.45, 2.75) is 32.7 Å². The minimum Gasteiger partial charge on any atom is -0.496 e. The molecule has 104 valence electrons. The Labute approximate surface area is 123 Å². The molecular formula is C15H21NOS2. The number of hydrogen-bond donors (Lipinski definition) is 1. The van der Waals surface area contributed by atoms with E-state index >= 15 is 0 Å². The summed E-state index contributed by atoms with van der Waals surface area (Å²) in [5.74, 6) is 0.991. The van der Waals surface area contributed by atoms with Gasteiger partial charge in [-0.3, -0.25) is 0 Å². The van der Waals surface area contributed by atoms with Crippen molar-refractivity contribution in [3.63, 3.8) is 0 Å². The first-order valence-corrected chi connectivity index (χ1v) is 8.43. The normalized spacial score (nSPS) is 12.6. The smallest absolute Gasteiger partial charge is 0.134 e. The second-order valence-corrected chi connectivity index (χ2v) is 6.55. The van der Waals surface area contributed by atoms with Gasteiger partial charge in [0, 0.05) is 9.75 Å². The Balaban J connectivity index is 2.29. The van der Waals surface area contributed by atoms with E-state index in [1.54, 1.807) is 18.4 Å². The van der Waals surface area contributed by atoms with E-state index in [4.69, 9.17) is 4.74 Å². The molecule has 2 rings (SSSR count). The van der Waals surface area contributed by atoms with Crippen LogP contribution in [0.4, 0.5) is 0 Å². The molecule has 2 aromatic heterocycles. The summed E-state index contributed by atoms with van der Waals surface area (Å²) < 4.78 is 5.48. The third kappa shape index (κ3) is 3.38. The van der Waals surface area contributed by atoms with Gasteiger partial charge in [-0.1, -0.05) is 13.8 Å². The highest BCUT2D eigenvalue weighted by Crippen LogP contribution is 2.37. The predicted octanol–water partition coefficient (Wildman–Crippen LogP) is 4.47. The van der Waals surface area contributed by atoms with Crippen LogP contribution in [0.5, 0.6) is 5.75 Å². The molecule has 0 aromatic carbocycles. The van der Waals surface area contributed by atoms with Crippen LogP contribution in [0.1, 0.15) is 40.9 Å². The predicted molar refractivity (Wildman–Crippen MR) is 84.7 cm³/mol. The fraction of sp³-hybridized carbons (Fsp3) is 0.467. The van der Waals surface area contributed by atoms with Crippen molar-refractivity contribution in [1.29, 1.82) is 0 Å². The van der Waals surface area contributed by atoms with Gasteiger partial charge in [0.1, 0.15) is 5.75 Å². The van der Waals surface area contributed by atoms with Crippen LogP contribution in [0, 0.1) is 0 Å². The molecule has 2 aromatic rings. The maximum absolute atomic E-state index is 5.48. The van der Waals surface area contributed by atoms with Crippen LogP contribution < -0.4 is 10.1 Å². The molecule has 1 atom stereocenters. The Hall–Kier alpha value is -0.840. The molecule has 0 saturated carbocycles. The van der Waals surface area contributed by atoms with E-state index in [-0.39, 0.29) is 6.04 Å². The van der Waals surface area contributed by atoms with E-state index in [1.807, 2.05) is 11.3 Å². The molecule has 19 heavy (non-hydrogen) atoms.